The van der Waals surface area contributed by atoms with Crippen LogP contribution in [0.15, 0.2) is 28.9 Å². The molecule has 0 spiro atoms. The van der Waals surface area contributed by atoms with Crippen molar-refractivity contribution in [3.8, 4) is 0 Å². The minimum absolute atomic E-state index is 0.348. The van der Waals surface area contributed by atoms with Gasteiger partial charge in [-0.3, -0.25) is 9.67 Å². The average molecular weight is 337 g/mol. The van der Waals surface area contributed by atoms with E-state index in [9.17, 15) is 0 Å². The minimum Gasteiger partial charge on any atom is -0.316 e. The molecule has 2 heterocycles. The summed E-state index contributed by atoms with van der Waals surface area (Å²) in [5, 5.41) is 7.93. The highest BCUT2D eigenvalue weighted by Gasteiger charge is 2.17. The Kier molecular flexibility index (Phi) is 5.31. The van der Waals surface area contributed by atoms with Crippen molar-refractivity contribution in [1.82, 2.24) is 20.1 Å². The van der Waals surface area contributed by atoms with Crippen molar-refractivity contribution in [1.29, 1.82) is 0 Å². The molecule has 0 aliphatic rings. The third-order valence-corrected chi connectivity index (χ3v) is 4.45. The molecule has 4 nitrogen and oxygen atoms in total. The van der Waals surface area contributed by atoms with Crippen LogP contribution in [0.5, 0.6) is 0 Å². The average Bonchev–Trinajstić information content (AvgIpc) is 2.74. The molecule has 0 fully saturated rings. The topological polar surface area (TPSA) is 42.7 Å². The lowest BCUT2D eigenvalue weighted by molar-refractivity contribution is 0.527. The quantitative estimate of drug-likeness (QED) is 0.881. The Morgan fingerprint density at radius 2 is 2.15 bits per heavy atom. The Labute approximate surface area is 128 Å². The van der Waals surface area contributed by atoms with Gasteiger partial charge in [0, 0.05) is 37.8 Å². The van der Waals surface area contributed by atoms with E-state index in [-0.39, 0.29) is 0 Å². The predicted molar refractivity (Wildman–Crippen MR) is 84.8 cm³/mol. The monoisotopic (exact) mass is 336 g/mol. The number of aryl methyl sites for hydroxylation is 2. The van der Waals surface area contributed by atoms with Crippen LogP contribution in [0.1, 0.15) is 24.0 Å². The van der Waals surface area contributed by atoms with Gasteiger partial charge in [0.15, 0.2) is 0 Å². The second-order valence-electron chi connectivity index (χ2n) is 4.90. The Morgan fingerprint density at radius 1 is 1.35 bits per heavy atom. The number of pyridine rings is 1. The normalized spacial score (nSPS) is 12.6. The molecule has 0 saturated carbocycles. The van der Waals surface area contributed by atoms with Gasteiger partial charge in [-0.1, -0.05) is 13.0 Å². The molecule has 0 saturated heterocycles. The molecule has 0 aliphatic heterocycles. The number of hydrogen-bond acceptors (Lipinski definition) is 3. The Bertz CT molecular complexity index is 551. The van der Waals surface area contributed by atoms with Crippen LogP contribution in [0.2, 0.25) is 0 Å². The van der Waals surface area contributed by atoms with Gasteiger partial charge in [-0.25, -0.2) is 0 Å². The summed E-state index contributed by atoms with van der Waals surface area (Å²) in [6.07, 6.45) is 4.63. The van der Waals surface area contributed by atoms with E-state index >= 15 is 0 Å². The highest BCUT2D eigenvalue weighted by molar-refractivity contribution is 9.10. The van der Waals surface area contributed by atoms with Crippen molar-refractivity contribution in [2.24, 2.45) is 7.05 Å². The lowest BCUT2D eigenvalue weighted by Crippen LogP contribution is -2.31. The molecule has 0 radical (unpaired) electrons. The molecule has 2 aromatic heterocycles. The van der Waals surface area contributed by atoms with Crippen molar-refractivity contribution in [2.45, 2.75) is 32.2 Å². The van der Waals surface area contributed by atoms with Gasteiger partial charge in [-0.2, -0.15) is 5.10 Å². The Hall–Kier alpha value is -1.20. The van der Waals surface area contributed by atoms with Crippen molar-refractivity contribution < 1.29 is 0 Å². The van der Waals surface area contributed by atoms with Crippen molar-refractivity contribution >= 4 is 15.9 Å². The minimum atomic E-state index is 0.348. The highest BCUT2D eigenvalue weighted by atomic mass is 79.9. The highest BCUT2D eigenvalue weighted by Crippen LogP contribution is 2.23. The predicted octanol–water partition coefficient (Wildman–Crippen LogP) is 2.51. The number of aromatic nitrogens is 3. The van der Waals surface area contributed by atoms with E-state index in [1.54, 1.807) is 0 Å². The summed E-state index contributed by atoms with van der Waals surface area (Å²) in [4.78, 5) is 4.40. The standard InChI is InChI=1S/C15H21BrN4/c1-4-13-15(16)14(20(3)19-13)10-12(17-2)9-11-7-5-6-8-18-11/h5-8,12,17H,4,9-10H2,1-3H3. The van der Waals surface area contributed by atoms with E-state index in [0.717, 1.165) is 35.1 Å². The maximum absolute atomic E-state index is 4.55. The largest absolute Gasteiger partial charge is 0.316 e. The smallest absolute Gasteiger partial charge is 0.0766 e. The Balaban J connectivity index is 2.12. The number of nitrogens with zero attached hydrogens (tertiary/aromatic N) is 3. The van der Waals surface area contributed by atoms with Crippen LogP contribution in [-0.4, -0.2) is 27.9 Å². The first-order chi connectivity index (χ1) is 9.65. The van der Waals surface area contributed by atoms with E-state index in [4.69, 9.17) is 0 Å². The van der Waals surface area contributed by atoms with Crippen molar-refractivity contribution in [2.75, 3.05) is 7.05 Å². The summed E-state index contributed by atoms with van der Waals surface area (Å²) in [5.74, 6) is 0. The molecule has 2 aromatic rings. The first-order valence-electron chi connectivity index (χ1n) is 6.93. The van der Waals surface area contributed by atoms with Crippen LogP contribution in [0.4, 0.5) is 0 Å². The van der Waals surface area contributed by atoms with E-state index < -0.39 is 0 Å². The van der Waals surface area contributed by atoms with E-state index in [1.165, 1.54) is 5.69 Å². The van der Waals surface area contributed by atoms with Crippen LogP contribution in [0, 0.1) is 0 Å². The second kappa shape index (κ2) is 6.99. The summed E-state index contributed by atoms with van der Waals surface area (Å²) in [7, 11) is 4.01. The molecule has 0 bridgehead atoms. The molecule has 0 amide bonds. The summed E-state index contributed by atoms with van der Waals surface area (Å²) in [6, 6.07) is 6.40. The van der Waals surface area contributed by atoms with Gasteiger partial charge in [-0.15, -0.1) is 0 Å². The number of nitrogens with one attached hydrogen (secondary N) is 1. The summed E-state index contributed by atoms with van der Waals surface area (Å²) >= 11 is 3.68. The zero-order valence-electron chi connectivity index (χ0n) is 12.2. The third-order valence-electron chi connectivity index (χ3n) is 3.53. The van der Waals surface area contributed by atoms with Crippen LogP contribution >= 0.6 is 15.9 Å². The van der Waals surface area contributed by atoms with Crippen LogP contribution in [0.3, 0.4) is 0 Å². The maximum Gasteiger partial charge on any atom is 0.0766 e. The van der Waals surface area contributed by atoms with Crippen molar-refractivity contribution in [3.63, 3.8) is 0 Å². The van der Waals surface area contributed by atoms with Gasteiger partial charge in [0.05, 0.1) is 15.9 Å². The van der Waals surface area contributed by atoms with Crippen LogP contribution < -0.4 is 5.32 Å². The lowest BCUT2D eigenvalue weighted by Gasteiger charge is -2.16. The third kappa shape index (κ3) is 3.46. The van der Waals surface area contributed by atoms with Crippen molar-refractivity contribution in [3.05, 3.63) is 46.0 Å². The molecule has 20 heavy (non-hydrogen) atoms. The first-order valence-corrected chi connectivity index (χ1v) is 7.72. The maximum atomic E-state index is 4.55. The summed E-state index contributed by atoms with van der Waals surface area (Å²) in [6.45, 7) is 2.13. The molecular formula is C15H21BrN4. The molecule has 1 atom stereocenters. The van der Waals surface area contributed by atoms with E-state index in [1.807, 2.05) is 37.1 Å². The fraction of sp³-hybridized carbons (Fsp3) is 0.467. The number of rotatable bonds is 6. The van der Waals surface area contributed by atoms with Crippen LogP contribution in [-0.2, 0) is 26.3 Å². The molecule has 2 rings (SSSR count). The molecule has 1 unspecified atom stereocenters. The molecule has 0 aliphatic carbocycles. The van der Waals surface area contributed by atoms with Gasteiger partial charge >= 0.3 is 0 Å². The molecule has 1 N–H and O–H groups in total. The SMILES string of the molecule is CCc1nn(C)c(CC(Cc2ccccn2)NC)c1Br. The van der Waals surface area contributed by atoms with E-state index in [0.29, 0.717) is 6.04 Å². The van der Waals surface area contributed by atoms with Crippen LogP contribution in [0.25, 0.3) is 0 Å². The zero-order chi connectivity index (χ0) is 14.5. The zero-order valence-corrected chi connectivity index (χ0v) is 13.8. The lowest BCUT2D eigenvalue weighted by atomic mass is 10.1. The molecular weight excluding hydrogens is 316 g/mol. The van der Waals surface area contributed by atoms with Gasteiger partial charge < -0.3 is 5.32 Å². The van der Waals surface area contributed by atoms with Gasteiger partial charge in [0.25, 0.3) is 0 Å². The van der Waals surface area contributed by atoms with Gasteiger partial charge in [0.2, 0.25) is 0 Å². The van der Waals surface area contributed by atoms with E-state index in [2.05, 4.69) is 44.3 Å². The fourth-order valence-electron chi connectivity index (χ4n) is 2.32. The van der Waals surface area contributed by atoms with Gasteiger partial charge in [-0.05, 0) is 41.5 Å². The first kappa shape index (κ1) is 15.2. The second-order valence-corrected chi connectivity index (χ2v) is 5.69. The molecule has 108 valence electrons. The number of likely N-dealkylation sites (N-methyl/N-ethyl adjacent to an activating group) is 1. The Morgan fingerprint density at radius 3 is 2.70 bits per heavy atom. The summed E-state index contributed by atoms with van der Waals surface area (Å²) < 4.78 is 3.12. The molecule has 0 aromatic carbocycles. The van der Waals surface area contributed by atoms with Gasteiger partial charge in [0.1, 0.15) is 0 Å². The molecule has 5 heteroatoms. The number of hydrogen-bond donors (Lipinski definition) is 1. The fourth-order valence-corrected chi connectivity index (χ4v) is 3.10. The summed E-state index contributed by atoms with van der Waals surface area (Å²) in [5.41, 5.74) is 3.47. The number of halogens is 1.